The molecule has 0 unspecified atom stereocenters. The topological polar surface area (TPSA) is 26.0 Å². The van der Waals surface area contributed by atoms with Gasteiger partial charge in [0.25, 0.3) is 0 Å². The fourth-order valence-corrected chi connectivity index (χ4v) is 0.935. The van der Waals surface area contributed by atoms with Crippen molar-refractivity contribution in [3.05, 3.63) is 0 Å². The zero-order valence-electron chi connectivity index (χ0n) is 5.34. The van der Waals surface area contributed by atoms with Gasteiger partial charge in [-0.1, -0.05) is 12.3 Å². The molecule has 1 nitrogen and oxygen atoms in total. The van der Waals surface area contributed by atoms with Crippen LogP contribution in [0.25, 0.3) is 0 Å². The normalized spacial score (nSPS) is 20.9. The molecule has 0 heterocycles. The van der Waals surface area contributed by atoms with E-state index in [0.29, 0.717) is 5.92 Å². The quantitative estimate of drug-likeness (QED) is 0.551. The number of nitrogens with two attached hydrogens (primary N) is 1. The van der Waals surface area contributed by atoms with Crippen LogP contribution in [0.4, 0.5) is 0 Å². The molecule has 0 amide bonds. The minimum absolute atomic E-state index is 0. The molecular formula is C7H12ClN. The number of halogens is 1. The van der Waals surface area contributed by atoms with Crippen LogP contribution < -0.4 is 5.73 Å². The first-order valence-corrected chi connectivity index (χ1v) is 3.06. The lowest BCUT2D eigenvalue weighted by Crippen LogP contribution is -2.32. The van der Waals surface area contributed by atoms with E-state index in [9.17, 15) is 0 Å². The molecule has 1 fully saturated rings. The van der Waals surface area contributed by atoms with Gasteiger partial charge in [-0.3, -0.25) is 0 Å². The predicted molar refractivity (Wildman–Crippen MR) is 41.4 cm³/mol. The smallest absolute Gasteiger partial charge is 0.0690 e. The number of rotatable bonds is 1. The van der Waals surface area contributed by atoms with Crippen molar-refractivity contribution in [2.24, 2.45) is 11.7 Å². The summed E-state index contributed by atoms with van der Waals surface area (Å²) in [5.74, 6) is 3.18. The molecule has 0 bridgehead atoms. The molecule has 1 atom stereocenters. The van der Waals surface area contributed by atoms with Crippen LogP contribution in [0, 0.1) is 18.3 Å². The third-order valence-electron chi connectivity index (χ3n) is 1.85. The molecule has 0 saturated heterocycles. The van der Waals surface area contributed by atoms with Crippen LogP contribution in [0.5, 0.6) is 0 Å². The summed E-state index contributed by atoms with van der Waals surface area (Å²) in [6, 6.07) is 0.0312. The SMILES string of the molecule is C#C[C@H](N)C1CCC1.Cl. The molecule has 0 spiro atoms. The van der Waals surface area contributed by atoms with Gasteiger partial charge in [0.1, 0.15) is 0 Å². The van der Waals surface area contributed by atoms with Crippen LogP contribution in [-0.2, 0) is 0 Å². The Balaban J connectivity index is 0.000000640. The van der Waals surface area contributed by atoms with Crippen LogP contribution in [0.3, 0.4) is 0 Å². The molecule has 0 aromatic heterocycles. The monoisotopic (exact) mass is 145 g/mol. The van der Waals surface area contributed by atoms with Gasteiger partial charge in [0, 0.05) is 0 Å². The van der Waals surface area contributed by atoms with Crippen molar-refractivity contribution in [3.8, 4) is 12.3 Å². The summed E-state index contributed by atoms with van der Waals surface area (Å²) in [5, 5.41) is 0. The third-order valence-corrected chi connectivity index (χ3v) is 1.85. The Morgan fingerprint density at radius 3 is 2.22 bits per heavy atom. The maximum Gasteiger partial charge on any atom is 0.0690 e. The van der Waals surface area contributed by atoms with Crippen molar-refractivity contribution >= 4 is 12.4 Å². The second kappa shape index (κ2) is 3.76. The summed E-state index contributed by atoms with van der Waals surface area (Å²) in [5.41, 5.74) is 5.54. The van der Waals surface area contributed by atoms with Crippen molar-refractivity contribution in [3.63, 3.8) is 0 Å². The molecule has 1 rings (SSSR count). The average Bonchev–Trinajstić information content (AvgIpc) is 1.62. The molecule has 1 saturated carbocycles. The lowest BCUT2D eigenvalue weighted by Gasteiger charge is -2.27. The van der Waals surface area contributed by atoms with Gasteiger partial charge in [-0.25, -0.2) is 0 Å². The van der Waals surface area contributed by atoms with E-state index in [-0.39, 0.29) is 18.4 Å². The first-order chi connectivity index (χ1) is 3.84. The molecule has 9 heavy (non-hydrogen) atoms. The van der Waals surface area contributed by atoms with Crippen LogP contribution in [0.1, 0.15) is 19.3 Å². The molecule has 2 heteroatoms. The standard InChI is InChI=1S/C7H11N.ClH/c1-2-7(8)6-4-3-5-6;/h1,6-7H,3-5,8H2;1H/t7-;/m0./s1. The van der Waals surface area contributed by atoms with Gasteiger partial charge in [-0.2, -0.15) is 0 Å². The Labute approximate surface area is 62.4 Å². The summed E-state index contributed by atoms with van der Waals surface area (Å²) >= 11 is 0. The van der Waals surface area contributed by atoms with Gasteiger partial charge >= 0.3 is 0 Å². The van der Waals surface area contributed by atoms with Crippen LogP contribution in [0.2, 0.25) is 0 Å². The van der Waals surface area contributed by atoms with E-state index in [1.165, 1.54) is 19.3 Å². The van der Waals surface area contributed by atoms with E-state index in [0.717, 1.165) is 0 Å². The third kappa shape index (κ3) is 1.89. The highest BCUT2D eigenvalue weighted by molar-refractivity contribution is 5.85. The van der Waals surface area contributed by atoms with Crippen LogP contribution >= 0.6 is 12.4 Å². The highest BCUT2D eigenvalue weighted by atomic mass is 35.5. The van der Waals surface area contributed by atoms with Gasteiger partial charge in [-0.15, -0.1) is 18.8 Å². The highest BCUT2D eigenvalue weighted by Gasteiger charge is 2.22. The Kier molecular flexibility index (Phi) is 3.68. The molecule has 0 aromatic carbocycles. The predicted octanol–water partition coefficient (Wildman–Crippen LogP) is 1.17. The molecular weight excluding hydrogens is 134 g/mol. The van der Waals surface area contributed by atoms with Gasteiger partial charge < -0.3 is 5.73 Å². The summed E-state index contributed by atoms with van der Waals surface area (Å²) < 4.78 is 0. The van der Waals surface area contributed by atoms with Crippen LogP contribution in [0.15, 0.2) is 0 Å². The minimum Gasteiger partial charge on any atom is -0.317 e. The highest BCUT2D eigenvalue weighted by Crippen LogP contribution is 2.27. The number of hydrogen-bond donors (Lipinski definition) is 1. The van der Waals surface area contributed by atoms with E-state index in [4.69, 9.17) is 12.2 Å². The first-order valence-electron chi connectivity index (χ1n) is 3.06. The zero-order chi connectivity index (χ0) is 5.98. The summed E-state index contributed by atoms with van der Waals surface area (Å²) in [4.78, 5) is 0. The van der Waals surface area contributed by atoms with Crippen molar-refractivity contribution < 1.29 is 0 Å². The molecule has 1 aliphatic carbocycles. The van der Waals surface area contributed by atoms with Crippen molar-refractivity contribution in [2.45, 2.75) is 25.3 Å². The Hall–Kier alpha value is -0.190. The lowest BCUT2D eigenvalue weighted by molar-refractivity contribution is 0.294. The molecule has 52 valence electrons. The maximum absolute atomic E-state index is 5.54. The maximum atomic E-state index is 5.54. The Morgan fingerprint density at radius 1 is 1.56 bits per heavy atom. The summed E-state index contributed by atoms with van der Waals surface area (Å²) in [7, 11) is 0. The van der Waals surface area contributed by atoms with E-state index in [1.54, 1.807) is 0 Å². The van der Waals surface area contributed by atoms with Gasteiger partial charge in [-0.05, 0) is 18.8 Å². The summed E-state index contributed by atoms with van der Waals surface area (Å²) in [6.07, 6.45) is 8.91. The molecule has 0 aliphatic heterocycles. The fourth-order valence-electron chi connectivity index (χ4n) is 0.935. The largest absolute Gasteiger partial charge is 0.317 e. The first kappa shape index (κ1) is 8.81. The Morgan fingerprint density at radius 2 is 2.11 bits per heavy atom. The van der Waals surface area contributed by atoms with Gasteiger partial charge in [0.2, 0.25) is 0 Å². The molecule has 1 aliphatic rings. The van der Waals surface area contributed by atoms with Crippen molar-refractivity contribution in [2.75, 3.05) is 0 Å². The number of terminal acetylenes is 1. The molecule has 2 N–H and O–H groups in total. The number of hydrogen-bond acceptors (Lipinski definition) is 1. The summed E-state index contributed by atoms with van der Waals surface area (Å²) in [6.45, 7) is 0. The molecule has 0 radical (unpaired) electrons. The second-order valence-corrected chi connectivity index (χ2v) is 2.38. The van der Waals surface area contributed by atoms with Crippen molar-refractivity contribution in [1.82, 2.24) is 0 Å². The van der Waals surface area contributed by atoms with E-state index in [1.807, 2.05) is 0 Å². The zero-order valence-corrected chi connectivity index (χ0v) is 6.16. The van der Waals surface area contributed by atoms with Crippen LogP contribution in [-0.4, -0.2) is 6.04 Å². The van der Waals surface area contributed by atoms with Crippen molar-refractivity contribution in [1.29, 1.82) is 0 Å². The average molecular weight is 146 g/mol. The second-order valence-electron chi connectivity index (χ2n) is 2.38. The molecule has 0 aromatic rings. The Bertz CT molecular complexity index is 113. The van der Waals surface area contributed by atoms with Gasteiger partial charge in [0.15, 0.2) is 0 Å². The minimum atomic E-state index is 0. The lowest BCUT2D eigenvalue weighted by atomic mass is 9.80. The fraction of sp³-hybridized carbons (Fsp3) is 0.714. The van der Waals surface area contributed by atoms with E-state index < -0.39 is 0 Å². The van der Waals surface area contributed by atoms with E-state index >= 15 is 0 Å². The van der Waals surface area contributed by atoms with Gasteiger partial charge in [0.05, 0.1) is 6.04 Å². The van der Waals surface area contributed by atoms with E-state index in [2.05, 4.69) is 5.92 Å².